The van der Waals surface area contributed by atoms with Gasteiger partial charge in [-0.05, 0) is 18.2 Å². The molecule has 0 radical (unpaired) electrons. The number of benzene rings is 1. The third-order valence-electron chi connectivity index (χ3n) is 2.81. The molecular formula is C13H10N2O3S. The molecular weight excluding hydrogens is 264 g/mol. The summed E-state index contributed by atoms with van der Waals surface area (Å²) in [7, 11) is -3.64. The maximum Gasteiger partial charge on any atom is 0.229 e. The molecule has 0 saturated heterocycles. The molecule has 1 aromatic carbocycles. The second-order valence-electron chi connectivity index (χ2n) is 4.00. The first-order valence-corrected chi connectivity index (χ1v) is 7.01. The fourth-order valence-corrected chi connectivity index (χ4v) is 3.39. The molecule has 2 N–H and O–H groups in total. The summed E-state index contributed by atoms with van der Waals surface area (Å²) in [5.41, 5.74) is 6.23. The van der Waals surface area contributed by atoms with Gasteiger partial charge in [0, 0.05) is 6.20 Å². The van der Waals surface area contributed by atoms with Gasteiger partial charge in [-0.1, -0.05) is 18.2 Å². The van der Waals surface area contributed by atoms with E-state index < -0.39 is 9.84 Å². The Morgan fingerprint density at radius 1 is 1.11 bits per heavy atom. The largest absolute Gasteiger partial charge is 0.444 e. The van der Waals surface area contributed by atoms with Crippen LogP contribution in [0.5, 0.6) is 0 Å². The van der Waals surface area contributed by atoms with Crippen LogP contribution in [0.25, 0.3) is 11.1 Å². The molecule has 3 rings (SSSR count). The summed E-state index contributed by atoms with van der Waals surface area (Å²) in [6, 6.07) is 9.60. The van der Waals surface area contributed by atoms with Gasteiger partial charge in [-0.2, -0.15) is 0 Å². The molecule has 0 atom stereocenters. The zero-order valence-electron chi connectivity index (χ0n) is 9.78. The van der Waals surface area contributed by atoms with Crippen molar-refractivity contribution in [2.45, 2.75) is 9.79 Å². The van der Waals surface area contributed by atoms with Crippen molar-refractivity contribution in [1.29, 1.82) is 0 Å². The van der Waals surface area contributed by atoms with Crippen LogP contribution in [0.2, 0.25) is 0 Å². The maximum absolute atomic E-state index is 12.6. The Morgan fingerprint density at radius 2 is 1.84 bits per heavy atom. The zero-order chi connectivity index (χ0) is 13.5. The molecule has 2 aromatic heterocycles. The smallest absolute Gasteiger partial charge is 0.229 e. The Hall–Kier alpha value is -2.34. The molecule has 0 aliphatic carbocycles. The number of aromatic nitrogens is 1. The van der Waals surface area contributed by atoms with Crippen molar-refractivity contribution in [3.05, 3.63) is 48.9 Å². The molecule has 0 unspecified atom stereocenters. The highest BCUT2D eigenvalue weighted by molar-refractivity contribution is 7.91. The van der Waals surface area contributed by atoms with E-state index in [1.807, 2.05) is 0 Å². The monoisotopic (exact) mass is 274 g/mol. The third kappa shape index (κ3) is 1.77. The van der Waals surface area contributed by atoms with Crippen LogP contribution in [0.1, 0.15) is 0 Å². The summed E-state index contributed by atoms with van der Waals surface area (Å²) in [5.74, 6) is 0. The summed E-state index contributed by atoms with van der Waals surface area (Å²) in [4.78, 5) is 4.28. The van der Waals surface area contributed by atoms with E-state index in [0.717, 1.165) is 0 Å². The van der Waals surface area contributed by atoms with Gasteiger partial charge in [0.25, 0.3) is 0 Å². The minimum absolute atomic E-state index is 0.106. The quantitative estimate of drug-likeness (QED) is 0.774. The molecule has 0 bridgehead atoms. The molecule has 0 spiro atoms. The molecule has 0 aliphatic rings. The van der Waals surface area contributed by atoms with Crippen molar-refractivity contribution >= 4 is 26.6 Å². The van der Waals surface area contributed by atoms with Gasteiger partial charge >= 0.3 is 0 Å². The molecule has 2 heterocycles. The third-order valence-corrected chi connectivity index (χ3v) is 4.62. The number of nitrogens with zero attached hydrogens (tertiary/aromatic N) is 1. The lowest BCUT2D eigenvalue weighted by Gasteiger charge is -2.05. The zero-order valence-corrected chi connectivity index (χ0v) is 10.6. The van der Waals surface area contributed by atoms with E-state index in [4.69, 9.17) is 10.2 Å². The molecule has 3 aromatic rings. The number of nitrogens with two attached hydrogens (primary N) is 1. The highest BCUT2D eigenvalue weighted by Gasteiger charge is 2.23. The highest BCUT2D eigenvalue weighted by atomic mass is 32.2. The van der Waals surface area contributed by atoms with Gasteiger partial charge in [0.15, 0.2) is 0 Å². The van der Waals surface area contributed by atoms with Crippen LogP contribution < -0.4 is 5.73 Å². The van der Waals surface area contributed by atoms with Gasteiger partial charge in [0.05, 0.1) is 20.9 Å². The van der Waals surface area contributed by atoms with Crippen molar-refractivity contribution in [1.82, 2.24) is 4.98 Å². The van der Waals surface area contributed by atoms with Crippen LogP contribution >= 0.6 is 0 Å². The SMILES string of the molecule is Nc1coc2nccc(S(=O)(=O)c3ccccc3)c12. The van der Waals surface area contributed by atoms with Gasteiger partial charge in [0.1, 0.15) is 6.26 Å². The lowest BCUT2D eigenvalue weighted by atomic mass is 10.3. The average Bonchev–Trinajstić information content (AvgIpc) is 2.82. The number of furan rings is 1. The summed E-state index contributed by atoms with van der Waals surface area (Å²) in [6.45, 7) is 0. The first kappa shape index (κ1) is 11.7. The van der Waals surface area contributed by atoms with E-state index in [2.05, 4.69) is 4.98 Å². The van der Waals surface area contributed by atoms with Crippen LogP contribution in [0.4, 0.5) is 5.69 Å². The van der Waals surface area contributed by atoms with E-state index in [1.165, 1.54) is 30.7 Å². The standard InChI is InChI=1S/C13H10N2O3S/c14-10-8-18-13-12(10)11(6-7-15-13)19(16,17)9-4-2-1-3-5-9/h1-8H,14H2. The fourth-order valence-electron chi connectivity index (χ4n) is 1.91. The Bertz CT molecular complexity index is 839. The number of anilines is 1. The van der Waals surface area contributed by atoms with E-state index >= 15 is 0 Å². The van der Waals surface area contributed by atoms with Crippen molar-refractivity contribution in [2.24, 2.45) is 0 Å². The molecule has 19 heavy (non-hydrogen) atoms. The Kier molecular flexibility index (Phi) is 2.53. The fraction of sp³-hybridized carbons (Fsp3) is 0. The van der Waals surface area contributed by atoms with Crippen LogP contribution in [0.15, 0.2) is 63.1 Å². The molecule has 0 amide bonds. The number of nitrogen functional groups attached to an aromatic ring is 1. The first-order valence-electron chi connectivity index (χ1n) is 5.52. The lowest BCUT2D eigenvalue weighted by Crippen LogP contribution is -2.03. The summed E-state index contributed by atoms with van der Waals surface area (Å²) >= 11 is 0. The van der Waals surface area contributed by atoms with Gasteiger partial charge in [-0.3, -0.25) is 0 Å². The lowest BCUT2D eigenvalue weighted by molar-refractivity contribution is 0.594. The summed E-state index contributed by atoms with van der Waals surface area (Å²) in [5, 5.41) is 0.325. The minimum Gasteiger partial charge on any atom is -0.444 e. The maximum atomic E-state index is 12.6. The Morgan fingerprint density at radius 3 is 2.58 bits per heavy atom. The van der Waals surface area contributed by atoms with Crippen LogP contribution in [0.3, 0.4) is 0 Å². The summed E-state index contributed by atoms with van der Waals surface area (Å²) < 4.78 is 30.3. The molecule has 0 saturated carbocycles. The first-order chi connectivity index (χ1) is 9.10. The molecule has 5 nitrogen and oxygen atoms in total. The second kappa shape index (κ2) is 4.10. The number of hydrogen-bond donors (Lipinski definition) is 1. The predicted octanol–water partition coefficient (Wildman–Crippen LogP) is 2.24. The Balaban J connectivity index is 2.34. The molecule has 0 fully saturated rings. The average molecular weight is 274 g/mol. The number of rotatable bonds is 2. The van der Waals surface area contributed by atoms with Crippen molar-refractivity contribution in [3.8, 4) is 0 Å². The number of pyridine rings is 1. The number of sulfone groups is 1. The van der Waals surface area contributed by atoms with Gasteiger partial charge in [0.2, 0.25) is 15.6 Å². The van der Waals surface area contributed by atoms with E-state index in [9.17, 15) is 8.42 Å². The number of fused-ring (bicyclic) bond motifs is 1. The summed E-state index contributed by atoms with van der Waals surface area (Å²) in [6.07, 6.45) is 2.68. The topological polar surface area (TPSA) is 86.2 Å². The minimum atomic E-state index is -3.64. The van der Waals surface area contributed by atoms with Gasteiger partial charge in [-0.25, -0.2) is 13.4 Å². The van der Waals surface area contributed by atoms with E-state index in [-0.39, 0.29) is 21.2 Å². The Labute approximate surface area is 109 Å². The van der Waals surface area contributed by atoms with Crippen molar-refractivity contribution in [3.63, 3.8) is 0 Å². The molecule has 96 valence electrons. The molecule has 0 aliphatic heterocycles. The van der Waals surface area contributed by atoms with E-state index in [0.29, 0.717) is 5.39 Å². The molecule has 6 heteroatoms. The van der Waals surface area contributed by atoms with Crippen LogP contribution in [-0.4, -0.2) is 13.4 Å². The van der Waals surface area contributed by atoms with Gasteiger partial charge in [-0.15, -0.1) is 0 Å². The van der Waals surface area contributed by atoms with Crippen molar-refractivity contribution in [2.75, 3.05) is 5.73 Å². The second-order valence-corrected chi connectivity index (χ2v) is 5.91. The van der Waals surface area contributed by atoms with Gasteiger partial charge < -0.3 is 10.2 Å². The predicted molar refractivity (Wildman–Crippen MR) is 70.3 cm³/mol. The highest BCUT2D eigenvalue weighted by Crippen LogP contribution is 2.31. The van der Waals surface area contributed by atoms with Crippen LogP contribution in [0, 0.1) is 0 Å². The number of hydrogen-bond acceptors (Lipinski definition) is 5. The van der Waals surface area contributed by atoms with E-state index in [1.54, 1.807) is 18.2 Å². The van der Waals surface area contributed by atoms with Crippen molar-refractivity contribution < 1.29 is 12.8 Å². The normalized spacial score (nSPS) is 11.8. The van der Waals surface area contributed by atoms with Crippen LogP contribution in [-0.2, 0) is 9.84 Å².